The van der Waals surface area contributed by atoms with Gasteiger partial charge in [-0.1, -0.05) is 12.1 Å². The highest BCUT2D eigenvalue weighted by atomic mass is 19.4. The molecule has 148 valence electrons. The van der Waals surface area contributed by atoms with Crippen molar-refractivity contribution in [3.8, 4) is 11.5 Å². The molecule has 0 amide bonds. The summed E-state index contributed by atoms with van der Waals surface area (Å²) in [6.07, 6.45) is -15.8. The van der Waals surface area contributed by atoms with Crippen molar-refractivity contribution < 1.29 is 44.3 Å². The Morgan fingerprint density at radius 1 is 0.704 bits per heavy atom. The molecule has 2 aromatic carbocycles. The fourth-order valence-corrected chi connectivity index (χ4v) is 2.27. The number of halogens is 9. The van der Waals surface area contributed by atoms with E-state index in [0.29, 0.717) is 24.3 Å². The largest absolute Gasteiger partial charge is 0.457 e. The molecule has 2 aromatic rings. The van der Waals surface area contributed by atoms with Crippen molar-refractivity contribution in [2.75, 3.05) is 5.73 Å². The molecular formula is C16H10F9NO. The lowest BCUT2D eigenvalue weighted by molar-refractivity contribution is -0.253. The monoisotopic (exact) mass is 403 g/mol. The van der Waals surface area contributed by atoms with E-state index < -0.39 is 35.6 Å². The van der Waals surface area contributed by atoms with Crippen molar-refractivity contribution in [2.24, 2.45) is 0 Å². The van der Waals surface area contributed by atoms with Gasteiger partial charge < -0.3 is 10.5 Å². The first-order valence-corrected chi connectivity index (χ1v) is 7.07. The number of anilines is 1. The van der Waals surface area contributed by atoms with Crippen molar-refractivity contribution in [1.82, 2.24) is 0 Å². The number of hydrogen-bond acceptors (Lipinski definition) is 2. The van der Waals surface area contributed by atoms with Crippen LogP contribution in [0.2, 0.25) is 0 Å². The van der Waals surface area contributed by atoms with Crippen LogP contribution < -0.4 is 10.5 Å². The SMILES string of the molecule is Nc1cc(Oc2ccc(C(C(F)(F)F)C(F)(F)F)cc2)cc(C(F)(F)F)c1. The number of hydrogen-bond donors (Lipinski definition) is 1. The van der Waals surface area contributed by atoms with Crippen LogP contribution >= 0.6 is 0 Å². The Morgan fingerprint density at radius 3 is 1.67 bits per heavy atom. The molecule has 2 rings (SSSR count). The molecule has 2 nitrogen and oxygen atoms in total. The molecule has 2 N–H and O–H groups in total. The quantitative estimate of drug-likeness (QED) is 0.483. The predicted octanol–water partition coefficient (Wildman–Crippen LogP) is 6.29. The Kier molecular flexibility index (Phi) is 5.26. The highest BCUT2D eigenvalue weighted by molar-refractivity contribution is 5.49. The van der Waals surface area contributed by atoms with Gasteiger partial charge in [-0.15, -0.1) is 0 Å². The smallest absolute Gasteiger partial charge is 0.416 e. The molecule has 0 aromatic heterocycles. The van der Waals surface area contributed by atoms with E-state index in [4.69, 9.17) is 10.5 Å². The third kappa shape index (κ3) is 5.20. The predicted molar refractivity (Wildman–Crippen MR) is 77.2 cm³/mol. The molecule has 0 aliphatic heterocycles. The molecule has 0 aliphatic rings. The molecule has 27 heavy (non-hydrogen) atoms. The summed E-state index contributed by atoms with van der Waals surface area (Å²) in [5, 5.41) is 0. The molecule has 0 unspecified atom stereocenters. The molecule has 0 aliphatic carbocycles. The number of alkyl halides is 9. The average Bonchev–Trinajstić information content (AvgIpc) is 2.45. The third-order valence-electron chi connectivity index (χ3n) is 3.36. The fourth-order valence-electron chi connectivity index (χ4n) is 2.27. The summed E-state index contributed by atoms with van der Waals surface area (Å²) < 4.78 is 119. The summed E-state index contributed by atoms with van der Waals surface area (Å²) >= 11 is 0. The lowest BCUT2D eigenvalue weighted by atomic mass is 9.98. The Balaban J connectivity index is 2.30. The van der Waals surface area contributed by atoms with Crippen LogP contribution in [0.4, 0.5) is 45.2 Å². The van der Waals surface area contributed by atoms with Crippen LogP contribution in [-0.2, 0) is 6.18 Å². The zero-order chi connectivity index (χ0) is 20.6. The number of ether oxygens (including phenoxy) is 1. The van der Waals surface area contributed by atoms with Crippen molar-refractivity contribution >= 4 is 5.69 Å². The summed E-state index contributed by atoms with van der Waals surface area (Å²) in [4.78, 5) is 0. The van der Waals surface area contributed by atoms with Crippen LogP contribution in [0.3, 0.4) is 0 Å². The third-order valence-corrected chi connectivity index (χ3v) is 3.36. The summed E-state index contributed by atoms with van der Waals surface area (Å²) in [6, 6.07) is 4.92. The summed E-state index contributed by atoms with van der Waals surface area (Å²) in [5.41, 5.74) is 2.85. The van der Waals surface area contributed by atoms with Gasteiger partial charge in [0.15, 0.2) is 5.92 Å². The molecule has 0 heterocycles. The minimum Gasteiger partial charge on any atom is -0.457 e. The first-order chi connectivity index (χ1) is 12.2. The second-order valence-corrected chi connectivity index (χ2v) is 5.48. The van der Waals surface area contributed by atoms with Gasteiger partial charge in [0.25, 0.3) is 0 Å². The second kappa shape index (κ2) is 6.86. The zero-order valence-electron chi connectivity index (χ0n) is 13.0. The van der Waals surface area contributed by atoms with Crippen LogP contribution in [-0.4, -0.2) is 12.4 Å². The maximum absolute atomic E-state index is 12.7. The highest BCUT2D eigenvalue weighted by Crippen LogP contribution is 2.46. The van der Waals surface area contributed by atoms with Crippen molar-refractivity contribution in [3.05, 3.63) is 53.6 Å². The molecule has 0 bridgehead atoms. The maximum Gasteiger partial charge on any atom is 0.416 e. The normalized spacial score (nSPS) is 13.1. The topological polar surface area (TPSA) is 35.2 Å². The first kappa shape index (κ1) is 20.7. The zero-order valence-corrected chi connectivity index (χ0v) is 13.0. The second-order valence-electron chi connectivity index (χ2n) is 5.48. The first-order valence-electron chi connectivity index (χ1n) is 7.07. The van der Waals surface area contributed by atoms with Crippen molar-refractivity contribution in [2.45, 2.75) is 24.4 Å². The molecule has 0 atom stereocenters. The van der Waals surface area contributed by atoms with E-state index >= 15 is 0 Å². The van der Waals surface area contributed by atoms with Crippen LogP contribution in [0.1, 0.15) is 17.0 Å². The van der Waals surface area contributed by atoms with E-state index in [-0.39, 0.29) is 17.2 Å². The van der Waals surface area contributed by atoms with E-state index in [9.17, 15) is 39.5 Å². The number of nitrogen functional groups attached to an aromatic ring is 1. The lowest BCUT2D eigenvalue weighted by Gasteiger charge is -2.23. The molecule has 0 spiro atoms. The summed E-state index contributed by atoms with van der Waals surface area (Å²) in [7, 11) is 0. The standard InChI is InChI=1S/C16H10F9NO/c17-14(18,19)9-5-10(26)7-12(6-9)27-11-3-1-8(2-4-11)13(15(20,21)22)16(23,24)25/h1-7,13H,26H2. The Hall–Kier alpha value is -2.59. The van der Waals surface area contributed by atoms with E-state index in [1.165, 1.54) is 0 Å². The van der Waals surface area contributed by atoms with Crippen LogP contribution in [0.15, 0.2) is 42.5 Å². The average molecular weight is 403 g/mol. The van der Waals surface area contributed by atoms with Gasteiger partial charge in [-0.05, 0) is 29.8 Å². The molecule has 0 fully saturated rings. The Labute approximate surface area is 146 Å². The molecule has 11 heteroatoms. The van der Waals surface area contributed by atoms with E-state index in [0.717, 1.165) is 18.2 Å². The molecule has 0 saturated carbocycles. The molecular weight excluding hydrogens is 393 g/mol. The van der Waals surface area contributed by atoms with E-state index in [2.05, 4.69) is 0 Å². The molecule has 0 radical (unpaired) electrons. The Bertz CT molecular complexity index is 778. The Morgan fingerprint density at radius 2 is 1.22 bits per heavy atom. The van der Waals surface area contributed by atoms with Crippen LogP contribution in [0.25, 0.3) is 0 Å². The number of nitrogens with two attached hydrogens (primary N) is 1. The van der Waals surface area contributed by atoms with Gasteiger partial charge in [0.2, 0.25) is 0 Å². The van der Waals surface area contributed by atoms with Gasteiger partial charge in [0.05, 0.1) is 5.56 Å². The maximum atomic E-state index is 12.7. The van der Waals surface area contributed by atoms with Gasteiger partial charge in [0.1, 0.15) is 11.5 Å². The van der Waals surface area contributed by atoms with E-state index in [1.807, 2.05) is 0 Å². The summed E-state index contributed by atoms with van der Waals surface area (Å²) in [5.74, 6) is -4.33. The fraction of sp³-hybridized carbons (Fsp3) is 0.250. The number of rotatable bonds is 3. The van der Waals surface area contributed by atoms with Gasteiger partial charge >= 0.3 is 18.5 Å². The van der Waals surface area contributed by atoms with Crippen molar-refractivity contribution in [1.29, 1.82) is 0 Å². The van der Waals surface area contributed by atoms with Gasteiger partial charge in [0, 0.05) is 11.8 Å². The summed E-state index contributed by atoms with van der Waals surface area (Å²) in [6.45, 7) is 0. The lowest BCUT2D eigenvalue weighted by Crippen LogP contribution is -2.34. The molecule has 0 saturated heterocycles. The van der Waals surface area contributed by atoms with Crippen LogP contribution in [0, 0.1) is 0 Å². The van der Waals surface area contributed by atoms with E-state index in [1.54, 1.807) is 0 Å². The van der Waals surface area contributed by atoms with Gasteiger partial charge in [-0.25, -0.2) is 0 Å². The van der Waals surface area contributed by atoms with Gasteiger partial charge in [-0.3, -0.25) is 0 Å². The van der Waals surface area contributed by atoms with Crippen molar-refractivity contribution in [3.63, 3.8) is 0 Å². The van der Waals surface area contributed by atoms with Gasteiger partial charge in [-0.2, -0.15) is 39.5 Å². The van der Waals surface area contributed by atoms with Crippen LogP contribution in [0.5, 0.6) is 11.5 Å². The number of benzene rings is 2. The minimum atomic E-state index is -5.56. The minimum absolute atomic E-state index is 0.263. The highest BCUT2D eigenvalue weighted by Gasteiger charge is 2.57.